The lowest BCUT2D eigenvalue weighted by molar-refractivity contribution is -0.119. The molecule has 2 rings (SSSR count). The van der Waals surface area contributed by atoms with Crippen molar-refractivity contribution in [2.45, 2.75) is 65.2 Å². The molecule has 0 heterocycles. The summed E-state index contributed by atoms with van der Waals surface area (Å²) in [5.41, 5.74) is 0.394. The van der Waals surface area contributed by atoms with E-state index in [4.69, 9.17) is 0 Å². The van der Waals surface area contributed by atoms with Crippen LogP contribution in [0.4, 0.5) is 0 Å². The second-order valence-electron chi connectivity index (χ2n) is 5.95. The number of ketones is 1. The number of rotatable bonds is 3. The van der Waals surface area contributed by atoms with E-state index >= 15 is 0 Å². The van der Waals surface area contributed by atoms with Gasteiger partial charge in [0.15, 0.2) is 0 Å². The van der Waals surface area contributed by atoms with Gasteiger partial charge in [0.2, 0.25) is 0 Å². The summed E-state index contributed by atoms with van der Waals surface area (Å²) in [4.78, 5) is 11.4. The van der Waals surface area contributed by atoms with Crippen LogP contribution in [0.3, 0.4) is 0 Å². The van der Waals surface area contributed by atoms with Crippen molar-refractivity contribution >= 4 is 5.78 Å². The van der Waals surface area contributed by atoms with E-state index in [9.17, 15) is 4.79 Å². The van der Waals surface area contributed by atoms with E-state index in [-0.39, 0.29) is 0 Å². The quantitative estimate of drug-likeness (QED) is 0.686. The molecule has 0 aromatic heterocycles. The topological polar surface area (TPSA) is 17.1 Å². The maximum atomic E-state index is 11.4. The Kier molecular flexibility index (Phi) is 3.18. The normalized spacial score (nSPS) is 33.7. The van der Waals surface area contributed by atoms with Crippen molar-refractivity contribution in [1.29, 1.82) is 0 Å². The molecule has 1 nitrogen and oxygen atoms in total. The Morgan fingerprint density at radius 2 is 1.73 bits per heavy atom. The third-order valence-electron chi connectivity index (χ3n) is 4.83. The van der Waals surface area contributed by atoms with Crippen molar-refractivity contribution in [3.05, 3.63) is 0 Å². The zero-order chi connectivity index (χ0) is 10.9. The summed E-state index contributed by atoms with van der Waals surface area (Å²) in [5.74, 6) is 2.31. The smallest absolute Gasteiger partial charge is 0.130 e. The Balaban J connectivity index is 2.05. The van der Waals surface area contributed by atoms with Crippen molar-refractivity contribution in [2.24, 2.45) is 17.3 Å². The highest BCUT2D eigenvalue weighted by Crippen LogP contribution is 2.54. The first-order valence-electron chi connectivity index (χ1n) is 6.65. The van der Waals surface area contributed by atoms with Gasteiger partial charge in [0.1, 0.15) is 5.78 Å². The fraction of sp³-hybridized carbons (Fsp3) is 0.929. The molecule has 0 radical (unpaired) electrons. The van der Waals surface area contributed by atoms with Crippen LogP contribution in [-0.4, -0.2) is 5.78 Å². The van der Waals surface area contributed by atoms with Crippen molar-refractivity contribution in [1.82, 2.24) is 0 Å². The maximum absolute atomic E-state index is 11.4. The number of hydrogen-bond acceptors (Lipinski definition) is 1. The molecular formula is C14H24O. The second kappa shape index (κ2) is 4.27. The second-order valence-corrected chi connectivity index (χ2v) is 5.95. The molecule has 15 heavy (non-hydrogen) atoms. The molecule has 1 heteroatoms. The Hall–Kier alpha value is -0.330. The summed E-state index contributed by atoms with van der Waals surface area (Å²) in [6, 6.07) is 0. The zero-order valence-electron chi connectivity index (χ0n) is 10.2. The van der Waals surface area contributed by atoms with E-state index in [2.05, 4.69) is 6.92 Å². The standard InChI is InChI=1S/C14H24O/c1-3-14(8-11(2)15)9-12-6-4-5-7-13(12)10-14/h12-13H,3-10H2,1-2H3/t12-,13-/m1/s1. The van der Waals surface area contributed by atoms with Crippen LogP contribution in [0.25, 0.3) is 0 Å². The predicted octanol–water partition coefficient (Wildman–Crippen LogP) is 3.96. The van der Waals surface area contributed by atoms with Crippen molar-refractivity contribution < 1.29 is 4.79 Å². The van der Waals surface area contributed by atoms with Gasteiger partial charge < -0.3 is 4.79 Å². The largest absolute Gasteiger partial charge is 0.300 e. The fourth-order valence-corrected chi connectivity index (χ4v) is 4.10. The van der Waals surface area contributed by atoms with Gasteiger partial charge in [0.05, 0.1) is 0 Å². The van der Waals surface area contributed by atoms with Gasteiger partial charge in [-0.2, -0.15) is 0 Å². The van der Waals surface area contributed by atoms with E-state index in [1.165, 1.54) is 44.9 Å². The first kappa shape index (κ1) is 11.2. The number of hydrogen-bond donors (Lipinski definition) is 0. The molecule has 0 aliphatic heterocycles. The minimum absolute atomic E-state index is 0.394. The summed E-state index contributed by atoms with van der Waals surface area (Å²) in [5, 5.41) is 0. The van der Waals surface area contributed by atoms with Crippen molar-refractivity contribution in [2.75, 3.05) is 0 Å². The lowest BCUT2D eigenvalue weighted by Gasteiger charge is -2.26. The Morgan fingerprint density at radius 3 is 2.13 bits per heavy atom. The van der Waals surface area contributed by atoms with Gasteiger partial charge in [0.25, 0.3) is 0 Å². The van der Waals surface area contributed by atoms with Crippen molar-refractivity contribution in [3.8, 4) is 0 Å². The average Bonchev–Trinajstić information content (AvgIpc) is 2.55. The molecule has 2 atom stereocenters. The zero-order valence-corrected chi connectivity index (χ0v) is 10.2. The lowest BCUT2D eigenvalue weighted by Crippen LogP contribution is -2.19. The molecule has 0 amide bonds. The molecule has 0 spiro atoms. The average molecular weight is 208 g/mol. The SMILES string of the molecule is CCC1(CC(C)=O)C[C@H]2CCCC[C@@H]2C1. The van der Waals surface area contributed by atoms with Crippen LogP contribution in [0, 0.1) is 17.3 Å². The Labute approximate surface area is 93.6 Å². The van der Waals surface area contributed by atoms with Gasteiger partial charge in [-0.05, 0) is 37.0 Å². The van der Waals surface area contributed by atoms with Crippen LogP contribution in [0.1, 0.15) is 65.2 Å². The first-order chi connectivity index (χ1) is 7.15. The van der Waals surface area contributed by atoms with E-state index < -0.39 is 0 Å². The first-order valence-corrected chi connectivity index (χ1v) is 6.65. The minimum atomic E-state index is 0.394. The third-order valence-corrected chi connectivity index (χ3v) is 4.83. The molecule has 0 aromatic carbocycles. The lowest BCUT2D eigenvalue weighted by atomic mass is 9.78. The highest BCUT2D eigenvalue weighted by atomic mass is 16.1. The number of fused-ring (bicyclic) bond motifs is 1. The van der Waals surface area contributed by atoms with Gasteiger partial charge in [-0.15, -0.1) is 0 Å². The summed E-state index contributed by atoms with van der Waals surface area (Å²) >= 11 is 0. The van der Waals surface area contributed by atoms with E-state index in [1.807, 2.05) is 0 Å². The molecule has 0 saturated heterocycles. The molecule has 2 fully saturated rings. The molecule has 0 bridgehead atoms. The predicted molar refractivity (Wildman–Crippen MR) is 62.7 cm³/mol. The molecule has 2 saturated carbocycles. The molecular weight excluding hydrogens is 184 g/mol. The minimum Gasteiger partial charge on any atom is -0.300 e. The summed E-state index contributed by atoms with van der Waals surface area (Å²) < 4.78 is 0. The number of carbonyl (C=O) groups is 1. The van der Waals surface area contributed by atoms with Crippen LogP contribution in [-0.2, 0) is 4.79 Å². The van der Waals surface area contributed by atoms with E-state index in [0.717, 1.165) is 18.3 Å². The van der Waals surface area contributed by atoms with Crippen LogP contribution in [0.15, 0.2) is 0 Å². The summed E-state index contributed by atoms with van der Waals surface area (Å²) in [7, 11) is 0. The van der Waals surface area contributed by atoms with Crippen LogP contribution in [0.5, 0.6) is 0 Å². The van der Waals surface area contributed by atoms with Crippen molar-refractivity contribution in [3.63, 3.8) is 0 Å². The highest BCUT2D eigenvalue weighted by Gasteiger charge is 2.44. The maximum Gasteiger partial charge on any atom is 0.130 e. The van der Waals surface area contributed by atoms with Gasteiger partial charge in [0, 0.05) is 6.42 Å². The molecule has 2 aliphatic carbocycles. The van der Waals surface area contributed by atoms with E-state index in [0.29, 0.717) is 11.2 Å². The molecule has 0 unspecified atom stereocenters. The van der Waals surface area contributed by atoms with Gasteiger partial charge in [-0.3, -0.25) is 0 Å². The molecule has 86 valence electrons. The van der Waals surface area contributed by atoms with Crippen LogP contribution >= 0.6 is 0 Å². The van der Waals surface area contributed by atoms with Crippen LogP contribution < -0.4 is 0 Å². The summed E-state index contributed by atoms with van der Waals surface area (Å²) in [6.45, 7) is 4.04. The number of carbonyl (C=O) groups excluding carboxylic acids is 1. The molecule has 2 aliphatic rings. The van der Waals surface area contributed by atoms with E-state index in [1.54, 1.807) is 6.92 Å². The Bertz CT molecular complexity index is 230. The van der Waals surface area contributed by atoms with Crippen LogP contribution in [0.2, 0.25) is 0 Å². The van der Waals surface area contributed by atoms with Gasteiger partial charge in [-0.1, -0.05) is 39.0 Å². The molecule has 0 N–H and O–H groups in total. The third kappa shape index (κ3) is 2.26. The fourth-order valence-electron chi connectivity index (χ4n) is 4.10. The number of Topliss-reactive ketones (excluding diaryl/α,β-unsaturated/α-hetero) is 1. The molecule has 0 aromatic rings. The monoisotopic (exact) mass is 208 g/mol. The van der Waals surface area contributed by atoms with Gasteiger partial charge in [-0.25, -0.2) is 0 Å². The summed E-state index contributed by atoms with van der Waals surface area (Å²) in [6.07, 6.45) is 10.5. The highest BCUT2D eigenvalue weighted by molar-refractivity contribution is 5.76. The van der Waals surface area contributed by atoms with Gasteiger partial charge >= 0.3 is 0 Å². The Morgan fingerprint density at radius 1 is 1.20 bits per heavy atom.